The van der Waals surface area contributed by atoms with E-state index < -0.39 is 6.10 Å². The van der Waals surface area contributed by atoms with Gasteiger partial charge in [0.15, 0.2) is 6.10 Å². The molecule has 0 bridgehead atoms. The molecular weight excluding hydrogens is 424 g/mol. The minimum Gasteiger partial charge on any atom is -0.477 e. The average molecular weight is 451 g/mol. The number of thiazole rings is 1. The molecule has 2 amide bonds. The summed E-state index contributed by atoms with van der Waals surface area (Å²) in [6.45, 7) is 2.04. The average Bonchev–Trinajstić information content (AvgIpc) is 3.28. The molecule has 1 fully saturated rings. The van der Waals surface area contributed by atoms with Crippen molar-refractivity contribution in [2.24, 2.45) is 0 Å². The van der Waals surface area contributed by atoms with Crippen molar-refractivity contribution in [3.63, 3.8) is 0 Å². The summed E-state index contributed by atoms with van der Waals surface area (Å²) in [7, 11) is 1.59. The molecule has 8 heteroatoms. The van der Waals surface area contributed by atoms with Crippen molar-refractivity contribution >= 4 is 39.1 Å². The third-order valence-corrected chi connectivity index (χ3v) is 7.43. The first-order valence-electron chi connectivity index (χ1n) is 11.0. The van der Waals surface area contributed by atoms with Crippen LogP contribution in [-0.4, -0.2) is 61.0 Å². The number of benzene rings is 2. The molecule has 0 radical (unpaired) electrons. The van der Waals surface area contributed by atoms with Crippen molar-refractivity contribution in [3.8, 4) is 5.75 Å². The van der Waals surface area contributed by atoms with Gasteiger partial charge < -0.3 is 19.9 Å². The zero-order chi connectivity index (χ0) is 22.1. The van der Waals surface area contributed by atoms with E-state index in [1.54, 1.807) is 18.4 Å². The number of likely N-dealkylation sites (tertiary alicyclic amines) is 1. The van der Waals surface area contributed by atoms with Crippen molar-refractivity contribution in [3.05, 3.63) is 53.5 Å². The lowest BCUT2D eigenvalue weighted by Crippen LogP contribution is -2.51. The van der Waals surface area contributed by atoms with Gasteiger partial charge in [-0.25, -0.2) is 4.98 Å². The molecule has 0 spiro atoms. The lowest BCUT2D eigenvalue weighted by molar-refractivity contribution is -0.131. The summed E-state index contributed by atoms with van der Waals surface area (Å²) in [6, 6.07) is 15.8. The Kier molecular flexibility index (Phi) is 5.70. The second-order valence-electron chi connectivity index (χ2n) is 8.24. The highest BCUT2D eigenvalue weighted by Gasteiger charge is 2.33. The minimum atomic E-state index is -0.632. The molecule has 0 unspecified atom stereocenters. The van der Waals surface area contributed by atoms with E-state index in [9.17, 15) is 9.59 Å². The number of carbonyl (C=O) groups excluding carboxylic acids is 2. The molecule has 2 aromatic carbocycles. The number of carbonyl (C=O) groups is 2. The molecular formula is C24H26N4O3S. The summed E-state index contributed by atoms with van der Waals surface area (Å²) in [5.74, 6) is 0.932. The number of ether oxygens (including phenoxy) is 1. The quantitative estimate of drug-likeness (QED) is 0.661. The third kappa shape index (κ3) is 4.02. The highest BCUT2D eigenvalue weighted by Crippen LogP contribution is 2.35. The van der Waals surface area contributed by atoms with Crippen LogP contribution in [0, 0.1) is 0 Å². The van der Waals surface area contributed by atoms with E-state index in [4.69, 9.17) is 9.72 Å². The highest BCUT2D eigenvalue weighted by molar-refractivity contribution is 7.18. The second-order valence-corrected chi connectivity index (χ2v) is 9.31. The largest absolute Gasteiger partial charge is 0.477 e. The van der Waals surface area contributed by atoms with Gasteiger partial charge in [-0.15, -0.1) is 11.3 Å². The molecule has 3 aromatic rings. The summed E-state index contributed by atoms with van der Waals surface area (Å²) in [5.41, 5.74) is 1.91. The number of aromatic nitrogens is 1. The zero-order valence-electron chi connectivity index (χ0n) is 18.0. The number of para-hydroxylation sites is 3. The van der Waals surface area contributed by atoms with E-state index in [2.05, 4.69) is 17.4 Å². The van der Waals surface area contributed by atoms with Crippen molar-refractivity contribution in [1.29, 1.82) is 0 Å². The van der Waals surface area contributed by atoms with Crippen LogP contribution in [0.2, 0.25) is 0 Å². The van der Waals surface area contributed by atoms with Gasteiger partial charge in [-0.1, -0.05) is 24.3 Å². The van der Waals surface area contributed by atoms with Gasteiger partial charge in [0.1, 0.15) is 5.75 Å². The molecule has 2 aliphatic rings. The van der Waals surface area contributed by atoms with Crippen molar-refractivity contribution in [2.45, 2.75) is 24.9 Å². The Morgan fingerprint density at radius 1 is 1.12 bits per heavy atom. The predicted octanol–water partition coefficient (Wildman–Crippen LogP) is 3.02. The Morgan fingerprint density at radius 2 is 1.88 bits per heavy atom. The summed E-state index contributed by atoms with van der Waals surface area (Å²) in [4.78, 5) is 34.0. The van der Waals surface area contributed by atoms with Gasteiger partial charge in [0.25, 0.3) is 5.91 Å². The molecule has 5 rings (SSSR count). The standard InChI is InChI=1S/C24H26N4O3S/c1-25-23(30)20-14-28(18-7-3-4-8-19(18)31-20)15-22(29)27-12-10-16(11-13-27)24-26-17-6-2-5-9-21(17)32-24/h2-9,16,20H,10-15H2,1H3,(H,25,30)/t20-/m1/s1. The summed E-state index contributed by atoms with van der Waals surface area (Å²) >= 11 is 1.76. The molecule has 32 heavy (non-hydrogen) atoms. The zero-order valence-corrected chi connectivity index (χ0v) is 18.8. The second kappa shape index (κ2) is 8.78. The lowest BCUT2D eigenvalue weighted by Gasteiger charge is -2.37. The first-order valence-corrected chi connectivity index (χ1v) is 11.8. The van der Waals surface area contributed by atoms with Crippen LogP contribution < -0.4 is 15.0 Å². The Labute approximate surface area is 191 Å². The van der Waals surface area contributed by atoms with Gasteiger partial charge in [0.2, 0.25) is 5.91 Å². The summed E-state index contributed by atoms with van der Waals surface area (Å²) < 4.78 is 7.07. The SMILES string of the molecule is CNC(=O)[C@H]1CN(CC(=O)N2CCC(c3nc4ccccc4s3)CC2)c2ccccc2O1. The number of nitrogens with one attached hydrogen (secondary N) is 1. The Hall–Kier alpha value is -3.13. The maximum Gasteiger partial charge on any atom is 0.262 e. The lowest BCUT2D eigenvalue weighted by atomic mass is 9.97. The molecule has 2 aliphatic heterocycles. The molecule has 7 nitrogen and oxygen atoms in total. The normalized spacial score (nSPS) is 18.8. The van der Waals surface area contributed by atoms with Gasteiger partial charge in [0, 0.05) is 26.1 Å². The fourth-order valence-corrected chi connectivity index (χ4v) is 5.59. The molecule has 0 saturated carbocycles. The highest BCUT2D eigenvalue weighted by atomic mass is 32.1. The minimum absolute atomic E-state index is 0.0834. The van der Waals surface area contributed by atoms with Gasteiger partial charge in [0.05, 0.1) is 34.0 Å². The number of amides is 2. The van der Waals surface area contributed by atoms with Gasteiger partial charge in [-0.2, -0.15) is 0 Å². The van der Waals surface area contributed by atoms with E-state index in [0.717, 1.165) is 37.1 Å². The number of piperidine rings is 1. The first kappa shape index (κ1) is 20.8. The maximum atomic E-state index is 13.1. The maximum absolute atomic E-state index is 13.1. The van der Waals surface area contributed by atoms with E-state index in [1.807, 2.05) is 46.2 Å². The molecule has 1 atom stereocenters. The summed E-state index contributed by atoms with van der Waals surface area (Å²) in [6.07, 6.45) is 1.21. The molecule has 0 aliphatic carbocycles. The van der Waals surface area contributed by atoms with Crippen molar-refractivity contribution in [1.82, 2.24) is 15.2 Å². The first-order chi connectivity index (χ1) is 15.6. The fourth-order valence-electron chi connectivity index (χ4n) is 4.46. The Morgan fingerprint density at radius 3 is 2.66 bits per heavy atom. The van der Waals surface area contributed by atoms with Gasteiger partial charge >= 0.3 is 0 Å². The van der Waals surface area contributed by atoms with Crippen LogP contribution in [0.3, 0.4) is 0 Å². The number of hydrogen-bond acceptors (Lipinski definition) is 6. The number of fused-ring (bicyclic) bond motifs is 2. The van der Waals surface area contributed by atoms with E-state index in [0.29, 0.717) is 18.2 Å². The monoisotopic (exact) mass is 450 g/mol. The smallest absolute Gasteiger partial charge is 0.262 e. The van der Waals surface area contributed by atoms with Crippen LogP contribution in [0.1, 0.15) is 23.8 Å². The Bertz CT molecular complexity index is 1110. The van der Waals surface area contributed by atoms with E-state index in [-0.39, 0.29) is 18.4 Å². The third-order valence-electron chi connectivity index (χ3n) is 6.23. The number of nitrogens with zero attached hydrogens (tertiary/aromatic N) is 3. The molecule has 3 heterocycles. The van der Waals surface area contributed by atoms with Crippen LogP contribution in [-0.2, 0) is 9.59 Å². The van der Waals surface area contributed by atoms with Crippen LogP contribution in [0.25, 0.3) is 10.2 Å². The molecule has 1 N–H and O–H groups in total. The van der Waals surface area contributed by atoms with Gasteiger partial charge in [-0.05, 0) is 37.1 Å². The van der Waals surface area contributed by atoms with Crippen molar-refractivity contribution in [2.75, 3.05) is 38.1 Å². The Balaban J connectivity index is 1.24. The number of rotatable bonds is 4. The van der Waals surface area contributed by atoms with Gasteiger partial charge in [-0.3, -0.25) is 9.59 Å². The predicted molar refractivity (Wildman–Crippen MR) is 125 cm³/mol. The number of likely N-dealkylation sites (N-methyl/N-ethyl adjacent to an activating group) is 1. The molecule has 1 aromatic heterocycles. The van der Waals surface area contributed by atoms with E-state index in [1.165, 1.54) is 9.71 Å². The summed E-state index contributed by atoms with van der Waals surface area (Å²) in [5, 5.41) is 3.82. The topological polar surface area (TPSA) is 74.8 Å². The van der Waals surface area contributed by atoms with Crippen LogP contribution >= 0.6 is 11.3 Å². The molecule has 1 saturated heterocycles. The number of hydrogen-bond donors (Lipinski definition) is 1. The fraction of sp³-hybridized carbons (Fsp3) is 0.375. The van der Waals surface area contributed by atoms with Crippen LogP contribution in [0.5, 0.6) is 5.75 Å². The number of anilines is 1. The van der Waals surface area contributed by atoms with E-state index >= 15 is 0 Å². The van der Waals surface area contributed by atoms with Crippen LogP contribution in [0.15, 0.2) is 48.5 Å². The van der Waals surface area contributed by atoms with Crippen LogP contribution in [0.4, 0.5) is 5.69 Å². The molecule has 166 valence electrons. The van der Waals surface area contributed by atoms with Crippen molar-refractivity contribution < 1.29 is 14.3 Å².